The van der Waals surface area contributed by atoms with Crippen molar-refractivity contribution in [1.29, 1.82) is 0 Å². The van der Waals surface area contributed by atoms with Gasteiger partial charge in [0.15, 0.2) is 0 Å². The van der Waals surface area contributed by atoms with Crippen molar-refractivity contribution in [2.45, 2.75) is 13.5 Å². The van der Waals surface area contributed by atoms with Gasteiger partial charge in [0.1, 0.15) is 6.61 Å². The van der Waals surface area contributed by atoms with Gasteiger partial charge in [-0.2, -0.15) is 0 Å². The van der Waals surface area contributed by atoms with E-state index in [0.29, 0.717) is 12.5 Å². The quantitative estimate of drug-likeness (QED) is 0.728. The number of carbonyl (C=O) groups is 1. The molecule has 1 aromatic heterocycles. The molecule has 0 saturated carbocycles. The van der Waals surface area contributed by atoms with Crippen LogP contribution >= 0.6 is 0 Å². The van der Waals surface area contributed by atoms with E-state index in [1.165, 1.54) is 10.0 Å². The molecule has 0 bridgehead atoms. The summed E-state index contributed by atoms with van der Waals surface area (Å²) in [6, 6.07) is 17.2. The minimum atomic E-state index is -0.199. The Morgan fingerprint density at radius 3 is 2.59 bits per heavy atom. The van der Waals surface area contributed by atoms with Gasteiger partial charge < -0.3 is 4.74 Å². The minimum Gasteiger partial charge on any atom is -0.472 e. The Morgan fingerprint density at radius 2 is 1.85 bits per heavy atom. The van der Waals surface area contributed by atoms with E-state index >= 15 is 0 Å². The molecule has 8 heteroatoms. The molecular formula is C19H20N6O2. The first kappa shape index (κ1) is 17.1. The lowest BCUT2D eigenvalue weighted by molar-refractivity contribution is 0.214. The molecule has 0 atom stereocenters. The maximum absolute atomic E-state index is 12.3. The predicted molar refractivity (Wildman–Crippen MR) is 101 cm³/mol. The van der Waals surface area contributed by atoms with Crippen LogP contribution in [0.1, 0.15) is 11.1 Å². The standard InChI is InChI=1S/C19H20N6O2/c1-14-7-6-10-17(25-19(26)23(2)21-22-25)16(14)13-27-18-11-12-24(20-18)15-8-4-3-5-9-15/h3-12,21-22H,13H2,1-2H3. The fourth-order valence-electron chi connectivity index (χ4n) is 2.87. The van der Waals surface area contributed by atoms with E-state index in [1.54, 1.807) is 11.7 Å². The highest BCUT2D eigenvalue weighted by Crippen LogP contribution is 2.26. The third kappa shape index (κ3) is 3.35. The number of hydrogen-bond donors (Lipinski definition) is 2. The monoisotopic (exact) mass is 364 g/mol. The Bertz CT molecular complexity index is 956. The van der Waals surface area contributed by atoms with Crippen molar-refractivity contribution in [3.8, 4) is 11.6 Å². The number of para-hydroxylation sites is 1. The van der Waals surface area contributed by atoms with Crippen molar-refractivity contribution in [2.75, 3.05) is 12.1 Å². The number of aromatic nitrogens is 2. The van der Waals surface area contributed by atoms with Crippen molar-refractivity contribution in [2.24, 2.45) is 0 Å². The third-order valence-corrected chi connectivity index (χ3v) is 4.38. The minimum absolute atomic E-state index is 0.199. The number of hydrazine groups is 3. The molecule has 2 N–H and O–H groups in total. The third-order valence-electron chi connectivity index (χ3n) is 4.38. The maximum Gasteiger partial charge on any atom is 0.355 e. The average molecular weight is 364 g/mol. The molecule has 1 fully saturated rings. The lowest BCUT2D eigenvalue weighted by Crippen LogP contribution is -2.38. The topological polar surface area (TPSA) is 74.7 Å². The molecule has 4 rings (SSSR count). The molecule has 0 radical (unpaired) electrons. The highest BCUT2D eigenvalue weighted by Gasteiger charge is 2.28. The summed E-state index contributed by atoms with van der Waals surface area (Å²) >= 11 is 0. The van der Waals surface area contributed by atoms with Crippen LogP contribution in [0, 0.1) is 6.92 Å². The zero-order chi connectivity index (χ0) is 18.8. The Kier molecular flexibility index (Phi) is 4.49. The molecule has 0 spiro atoms. The summed E-state index contributed by atoms with van der Waals surface area (Å²) in [6.45, 7) is 2.28. The van der Waals surface area contributed by atoms with Crippen molar-refractivity contribution >= 4 is 11.7 Å². The smallest absolute Gasteiger partial charge is 0.355 e. The Hall–Kier alpha value is -3.36. The summed E-state index contributed by atoms with van der Waals surface area (Å²) in [4.78, 5) is 12.3. The summed E-state index contributed by atoms with van der Waals surface area (Å²) in [5.74, 6) is 0.518. The van der Waals surface area contributed by atoms with Crippen molar-refractivity contribution < 1.29 is 9.53 Å². The number of rotatable bonds is 5. The van der Waals surface area contributed by atoms with Gasteiger partial charge in [-0.05, 0) is 30.7 Å². The van der Waals surface area contributed by atoms with E-state index in [1.807, 2.05) is 67.7 Å². The first-order valence-electron chi connectivity index (χ1n) is 8.55. The number of benzene rings is 2. The van der Waals surface area contributed by atoms with Crippen LogP contribution in [-0.4, -0.2) is 27.9 Å². The first-order chi connectivity index (χ1) is 13.1. The number of aryl methyl sites for hydroxylation is 1. The van der Waals surface area contributed by atoms with Crippen LogP contribution in [0.2, 0.25) is 0 Å². The molecule has 0 aliphatic carbocycles. The summed E-state index contributed by atoms with van der Waals surface area (Å²) in [5.41, 5.74) is 9.24. The molecule has 0 unspecified atom stereocenters. The normalized spacial score (nSPS) is 14.1. The Morgan fingerprint density at radius 1 is 1.04 bits per heavy atom. The summed E-state index contributed by atoms with van der Waals surface area (Å²) in [7, 11) is 1.65. The molecular weight excluding hydrogens is 344 g/mol. The zero-order valence-corrected chi connectivity index (χ0v) is 15.1. The molecule has 1 aliphatic rings. The van der Waals surface area contributed by atoms with Gasteiger partial charge in [-0.25, -0.2) is 19.5 Å². The second kappa shape index (κ2) is 7.10. The van der Waals surface area contributed by atoms with E-state index < -0.39 is 0 Å². The van der Waals surface area contributed by atoms with E-state index in [-0.39, 0.29) is 6.03 Å². The largest absolute Gasteiger partial charge is 0.472 e. The van der Waals surface area contributed by atoms with Crippen molar-refractivity contribution in [1.82, 2.24) is 25.9 Å². The van der Waals surface area contributed by atoms with Crippen LogP contribution in [-0.2, 0) is 6.61 Å². The number of anilines is 1. The number of hydrogen-bond acceptors (Lipinski definition) is 5. The molecule has 1 saturated heterocycles. The fourth-order valence-corrected chi connectivity index (χ4v) is 2.87. The maximum atomic E-state index is 12.3. The molecule has 2 aromatic carbocycles. The summed E-state index contributed by atoms with van der Waals surface area (Å²) in [5, 5.41) is 7.28. The second-order valence-corrected chi connectivity index (χ2v) is 6.20. The van der Waals surface area contributed by atoms with Gasteiger partial charge in [-0.3, -0.25) is 0 Å². The average Bonchev–Trinajstić information content (AvgIpc) is 3.29. The lowest BCUT2D eigenvalue weighted by atomic mass is 10.1. The van der Waals surface area contributed by atoms with Crippen LogP contribution in [0.3, 0.4) is 0 Å². The Labute approximate surface area is 156 Å². The number of nitrogens with zero attached hydrogens (tertiary/aromatic N) is 4. The van der Waals surface area contributed by atoms with E-state index in [9.17, 15) is 4.79 Å². The van der Waals surface area contributed by atoms with Gasteiger partial charge in [-0.15, -0.1) is 16.2 Å². The number of carbonyl (C=O) groups excluding carboxylic acids is 1. The molecule has 138 valence electrons. The van der Waals surface area contributed by atoms with Crippen molar-refractivity contribution in [3.63, 3.8) is 0 Å². The van der Waals surface area contributed by atoms with Crippen molar-refractivity contribution in [3.05, 3.63) is 71.9 Å². The van der Waals surface area contributed by atoms with Gasteiger partial charge in [0, 0.05) is 24.9 Å². The fraction of sp³-hybridized carbons (Fsp3) is 0.158. The SMILES string of the molecule is Cc1cccc(N2NNN(C)C2=O)c1COc1ccn(-c2ccccc2)n1. The van der Waals surface area contributed by atoms with Gasteiger partial charge in [0.25, 0.3) is 0 Å². The van der Waals surface area contributed by atoms with E-state index in [0.717, 1.165) is 22.5 Å². The molecule has 2 heterocycles. The van der Waals surface area contributed by atoms with E-state index in [4.69, 9.17) is 4.74 Å². The number of nitrogens with one attached hydrogen (secondary N) is 2. The van der Waals surface area contributed by atoms with Gasteiger partial charge >= 0.3 is 6.03 Å². The van der Waals surface area contributed by atoms with E-state index in [2.05, 4.69) is 16.2 Å². The van der Waals surface area contributed by atoms with Crippen LogP contribution in [0.25, 0.3) is 5.69 Å². The van der Waals surface area contributed by atoms with Gasteiger partial charge in [-0.1, -0.05) is 30.3 Å². The highest BCUT2D eigenvalue weighted by atomic mass is 16.5. The summed E-state index contributed by atoms with van der Waals surface area (Å²) in [6.07, 6.45) is 1.86. The highest BCUT2D eigenvalue weighted by molar-refractivity contribution is 5.92. The Balaban J connectivity index is 1.54. The molecule has 27 heavy (non-hydrogen) atoms. The van der Waals surface area contributed by atoms with Gasteiger partial charge in [0.05, 0.1) is 11.4 Å². The molecule has 3 aromatic rings. The number of ether oxygens (including phenoxy) is 1. The van der Waals surface area contributed by atoms with Crippen LogP contribution in [0.5, 0.6) is 5.88 Å². The van der Waals surface area contributed by atoms with Crippen LogP contribution in [0.15, 0.2) is 60.8 Å². The molecule has 2 amide bonds. The van der Waals surface area contributed by atoms with Crippen LogP contribution < -0.4 is 20.8 Å². The summed E-state index contributed by atoms with van der Waals surface area (Å²) < 4.78 is 7.67. The molecule has 1 aliphatic heterocycles. The lowest BCUT2D eigenvalue weighted by Gasteiger charge is -2.19. The first-order valence-corrected chi connectivity index (χ1v) is 8.55. The number of amides is 2. The predicted octanol–water partition coefficient (Wildman–Crippen LogP) is 2.56. The van der Waals surface area contributed by atoms with Gasteiger partial charge in [0.2, 0.25) is 5.88 Å². The molecule has 8 nitrogen and oxygen atoms in total. The number of urea groups is 1. The second-order valence-electron chi connectivity index (χ2n) is 6.20. The zero-order valence-electron chi connectivity index (χ0n) is 15.1. The van der Waals surface area contributed by atoms with Crippen LogP contribution in [0.4, 0.5) is 10.5 Å².